The molecule has 2 aromatic heterocycles. The fourth-order valence-corrected chi connectivity index (χ4v) is 4.30. The third-order valence-corrected chi connectivity index (χ3v) is 6.41. The Kier molecular flexibility index (Phi) is 7.67. The predicted molar refractivity (Wildman–Crippen MR) is 137 cm³/mol. The summed E-state index contributed by atoms with van der Waals surface area (Å²) in [6, 6.07) is 24.5. The van der Waals surface area contributed by atoms with Crippen LogP contribution < -0.4 is 9.13 Å². The van der Waals surface area contributed by atoms with E-state index in [0.29, 0.717) is 0 Å². The second-order valence-corrected chi connectivity index (χ2v) is 8.98. The van der Waals surface area contributed by atoms with E-state index in [1.807, 2.05) is 0 Å². The maximum atomic E-state index is 2.26. The Bertz CT molecular complexity index is 1160. The Balaban J connectivity index is 1.49. The summed E-state index contributed by atoms with van der Waals surface area (Å²) < 4.78 is 4.40. The van der Waals surface area contributed by atoms with Crippen molar-refractivity contribution in [2.45, 2.75) is 59.3 Å². The lowest BCUT2D eigenvalue weighted by atomic mass is 10.0. The minimum Gasteiger partial charge on any atom is -0.167 e. The molecule has 4 aromatic rings. The monoisotopic (exact) mass is 436 g/mol. The summed E-state index contributed by atoms with van der Waals surface area (Å²) in [6.07, 6.45) is 16.0. The Hall–Kier alpha value is -3.26. The molecule has 2 heterocycles. The van der Waals surface area contributed by atoms with E-state index in [2.05, 4.69) is 121 Å². The molecule has 4 rings (SSSR count). The van der Waals surface area contributed by atoms with E-state index >= 15 is 0 Å². The summed E-state index contributed by atoms with van der Waals surface area (Å²) in [5, 5.41) is 0. The summed E-state index contributed by atoms with van der Waals surface area (Å²) in [7, 11) is 0. The van der Waals surface area contributed by atoms with Crippen LogP contribution in [0.2, 0.25) is 0 Å². The molecule has 0 N–H and O–H groups in total. The molecule has 0 fully saturated rings. The topological polar surface area (TPSA) is 7.76 Å². The van der Waals surface area contributed by atoms with Gasteiger partial charge in [-0.15, -0.1) is 0 Å². The first-order valence-corrected chi connectivity index (χ1v) is 12.4. The summed E-state index contributed by atoms with van der Waals surface area (Å²) >= 11 is 0. The normalized spacial score (nSPS) is 11.0. The van der Waals surface area contributed by atoms with Gasteiger partial charge in [-0.05, 0) is 54.9 Å². The number of unbranched alkanes of at least 4 members (excludes halogenated alkanes) is 2. The minimum absolute atomic E-state index is 1.16. The zero-order chi connectivity index (χ0) is 23.0. The van der Waals surface area contributed by atoms with Gasteiger partial charge >= 0.3 is 0 Å². The average molecular weight is 437 g/mol. The van der Waals surface area contributed by atoms with Gasteiger partial charge in [0.15, 0.2) is 24.8 Å². The highest BCUT2D eigenvalue weighted by atomic mass is 14.9. The fraction of sp³-hybridized carbons (Fsp3) is 0.290. The Morgan fingerprint density at radius 1 is 0.576 bits per heavy atom. The van der Waals surface area contributed by atoms with Crippen LogP contribution in [0.5, 0.6) is 0 Å². The van der Waals surface area contributed by atoms with Gasteiger partial charge < -0.3 is 0 Å². The third-order valence-electron chi connectivity index (χ3n) is 6.41. The first-order valence-electron chi connectivity index (χ1n) is 12.4. The highest BCUT2D eigenvalue weighted by molar-refractivity contribution is 5.65. The Morgan fingerprint density at radius 2 is 1.06 bits per heavy atom. The van der Waals surface area contributed by atoms with Gasteiger partial charge in [-0.25, -0.2) is 0 Å². The summed E-state index contributed by atoms with van der Waals surface area (Å²) in [5.41, 5.74) is 9.03. The number of aromatic nitrogens is 2. The maximum Gasteiger partial charge on any atom is 0.210 e. The number of nitrogens with zero attached hydrogens (tertiary/aromatic N) is 2. The summed E-state index contributed by atoms with van der Waals surface area (Å²) in [4.78, 5) is 0. The van der Waals surface area contributed by atoms with Gasteiger partial charge in [0.25, 0.3) is 0 Å². The van der Waals surface area contributed by atoms with Crippen molar-refractivity contribution in [2.24, 2.45) is 0 Å². The molecule has 0 aliphatic rings. The lowest BCUT2D eigenvalue weighted by Gasteiger charge is -2.06. The average Bonchev–Trinajstić information content (AvgIpc) is 2.87. The zero-order valence-corrected chi connectivity index (χ0v) is 20.3. The molecule has 168 valence electrons. The Labute approximate surface area is 199 Å². The van der Waals surface area contributed by atoms with E-state index in [9.17, 15) is 0 Å². The van der Waals surface area contributed by atoms with Crippen LogP contribution in [0.15, 0.2) is 91.5 Å². The van der Waals surface area contributed by atoms with Crippen LogP contribution >= 0.6 is 0 Å². The molecule has 0 spiro atoms. The fourth-order valence-electron chi connectivity index (χ4n) is 4.30. The molecule has 0 saturated heterocycles. The molecule has 0 amide bonds. The second-order valence-electron chi connectivity index (χ2n) is 8.98. The number of hydrogen-bond acceptors (Lipinski definition) is 0. The minimum atomic E-state index is 1.16. The number of aryl methyl sites for hydroxylation is 3. The molecular formula is C31H36N2+2. The van der Waals surface area contributed by atoms with Gasteiger partial charge in [-0.3, -0.25) is 0 Å². The third kappa shape index (κ3) is 5.76. The smallest absolute Gasteiger partial charge is 0.167 e. The van der Waals surface area contributed by atoms with Crippen LogP contribution in [0.3, 0.4) is 0 Å². The van der Waals surface area contributed by atoms with E-state index in [1.165, 1.54) is 64.9 Å². The first kappa shape index (κ1) is 22.9. The molecule has 33 heavy (non-hydrogen) atoms. The number of pyridine rings is 2. The SMILES string of the molecule is CCCCc1ccc(-[n+]2ccc(-c3cc[n+](-c4ccc(CCCC)cc4)cc3C)cc2)cc1. The van der Waals surface area contributed by atoms with Crippen molar-refractivity contribution < 1.29 is 9.13 Å². The Morgan fingerprint density at radius 3 is 1.55 bits per heavy atom. The van der Waals surface area contributed by atoms with Crippen LogP contribution in [-0.4, -0.2) is 0 Å². The van der Waals surface area contributed by atoms with E-state index in [0.717, 1.165) is 12.8 Å². The highest BCUT2D eigenvalue weighted by Crippen LogP contribution is 2.21. The van der Waals surface area contributed by atoms with E-state index < -0.39 is 0 Å². The summed E-state index contributed by atoms with van der Waals surface area (Å²) in [6.45, 7) is 6.68. The van der Waals surface area contributed by atoms with Crippen LogP contribution in [-0.2, 0) is 12.8 Å². The van der Waals surface area contributed by atoms with Crippen molar-refractivity contribution in [2.75, 3.05) is 0 Å². The molecule has 0 unspecified atom stereocenters. The van der Waals surface area contributed by atoms with Crippen molar-refractivity contribution in [3.8, 4) is 22.5 Å². The van der Waals surface area contributed by atoms with Gasteiger partial charge in [-0.1, -0.05) is 51.0 Å². The molecule has 0 atom stereocenters. The van der Waals surface area contributed by atoms with Crippen molar-refractivity contribution in [3.05, 3.63) is 108 Å². The molecule has 0 saturated carbocycles. The van der Waals surface area contributed by atoms with Crippen molar-refractivity contribution in [3.63, 3.8) is 0 Å². The van der Waals surface area contributed by atoms with Crippen molar-refractivity contribution in [1.29, 1.82) is 0 Å². The maximum absolute atomic E-state index is 2.26. The van der Waals surface area contributed by atoms with Crippen LogP contribution in [0.25, 0.3) is 22.5 Å². The molecule has 2 aromatic carbocycles. The van der Waals surface area contributed by atoms with Crippen molar-refractivity contribution in [1.82, 2.24) is 0 Å². The second kappa shape index (κ2) is 11.0. The lowest BCUT2D eigenvalue weighted by Crippen LogP contribution is -2.30. The number of benzene rings is 2. The van der Waals surface area contributed by atoms with Crippen molar-refractivity contribution >= 4 is 0 Å². The van der Waals surface area contributed by atoms with Gasteiger partial charge in [0, 0.05) is 48.0 Å². The summed E-state index contributed by atoms with van der Waals surface area (Å²) in [5.74, 6) is 0. The van der Waals surface area contributed by atoms with Gasteiger partial charge in [-0.2, -0.15) is 9.13 Å². The lowest BCUT2D eigenvalue weighted by molar-refractivity contribution is -0.596. The molecule has 2 heteroatoms. The van der Waals surface area contributed by atoms with Gasteiger partial charge in [0.05, 0.1) is 0 Å². The number of hydrogen-bond donors (Lipinski definition) is 0. The standard InChI is InChI=1S/C31H36N2/c1-4-6-8-26-10-14-29(15-11-26)32-21-18-28(19-22-32)31-20-23-33(24-25(31)3)30-16-12-27(13-17-30)9-7-5-2/h10-24H,4-9H2,1-3H3/q+2. The molecular weight excluding hydrogens is 400 g/mol. The zero-order valence-electron chi connectivity index (χ0n) is 20.3. The molecule has 0 aliphatic carbocycles. The quantitative estimate of drug-likeness (QED) is 0.252. The van der Waals surface area contributed by atoms with Gasteiger partial charge in [0.2, 0.25) is 11.4 Å². The van der Waals surface area contributed by atoms with E-state index in [-0.39, 0.29) is 0 Å². The molecule has 0 bridgehead atoms. The van der Waals surface area contributed by atoms with E-state index in [4.69, 9.17) is 0 Å². The van der Waals surface area contributed by atoms with Gasteiger partial charge in [0.1, 0.15) is 0 Å². The van der Waals surface area contributed by atoms with Crippen LogP contribution in [0.4, 0.5) is 0 Å². The highest BCUT2D eigenvalue weighted by Gasteiger charge is 2.13. The largest absolute Gasteiger partial charge is 0.210 e. The molecule has 0 radical (unpaired) electrons. The van der Waals surface area contributed by atoms with Crippen LogP contribution in [0.1, 0.15) is 56.2 Å². The molecule has 0 aliphatic heterocycles. The van der Waals surface area contributed by atoms with Crippen LogP contribution in [0, 0.1) is 6.92 Å². The van der Waals surface area contributed by atoms with E-state index in [1.54, 1.807) is 0 Å². The molecule has 2 nitrogen and oxygen atoms in total. The number of rotatable bonds is 9. The first-order chi connectivity index (χ1) is 16.2. The predicted octanol–water partition coefficient (Wildman–Crippen LogP) is 6.90.